The van der Waals surface area contributed by atoms with E-state index in [1.165, 1.54) is 17.7 Å². The maximum absolute atomic E-state index is 13.5. The predicted octanol–water partition coefficient (Wildman–Crippen LogP) is 3.21. The lowest BCUT2D eigenvalue weighted by Gasteiger charge is -2.41. The topological polar surface area (TPSA) is 64.8 Å². The van der Waals surface area contributed by atoms with Crippen LogP contribution in [0.15, 0.2) is 48.5 Å². The summed E-state index contributed by atoms with van der Waals surface area (Å²) in [5.74, 6) is -0.365. The van der Waals surface area contributed by atoms with Crippen molar-refractivity contribution in [3.05, 3.63) is 71.0 Å². The lowest BCUT2D eigenvalue weighted by atomic mass is 9.87. The smallest absolute Gasteiger partial charge is 0.252 e. The Hall–Kier alpha value is -2.28. The third-order valence-corrected chi connectivity index (χ3v) is 5.90. The van der Waals surface area contributed by atoms with Gasteiger partial charge >= 0.3 is 0 Å². The van der Waals surface area contributed by atoms with Crippen LogP contribution in [-0.4, -0.2) is 48.3 Å². The second kappa shape index (κ2) is 8.84. The molecule has 4 atom stereocenters. The number of benzene rings is 2. The van der Waals surface area contributed by atoms with E-state index in [1.807, 2.05) is 36.9 Å². The van der Waals surface area contributed by atoms with Gasteiger partial charge in [-0.25, -0.2) is 4.39 Å². The van der Waals surface area contributed by atoms with Gasteiger partial charge in [-0.2, -0.15) is 0 Å². The third kappa shape index (κ3) is 4.26. The molecule has 2 aromatic carbocycles. The van der Waals surface area contributed by atoms with E-state index in [-0.39, 0.29) is 36.0 Å². The molecule has 2 aliphatic rings. The van der Waals surface area contributed by atoms with Crippen LogP contribution in [0, 0.1) is 5.82 Å². The zero-order chi connectivity index (χ0) is 21.3. The lowest BCUT2D eigenvalue weighted by molar-refractivity contribution is -0.160. The summed E-state index contributed by atoms with van der Waals surface area (Å²) in [5, 5.41) is 0. The highest BCUT2D eigenvalue weighted by Gasteiger charge is 2.40. The van der Waals surface area contributed by atoms with Gasteiger partial charge in [-0.3, -0.25) is 4.79 Å². The maximum atomic E-state index is 13.5. The van der Waals surface area contributed by atoms with Crippen LogP contribution >= 0.6 is 0 Å². The van der Waals surface area contributed by atoms with Crippen LogP contribution in [0.25, 0.3) is 0 Å². The number of nitrogens with zero attached hydrogens (tertiary/aromatic N) is 1. The van der Waals surface area contributed by atoms with Crippen molar-refractivity contribution in [2.75, 3.05) is 13.2 Å². The summed E-state index contributed by atoms with van der Waals surface area (Å²) in [7, 11) is 0. The van der Waals surface area contributed by atoms with Crippen LogP contribution < -0.4 is 5.73 Å². The molecular weight excluding hydrogens is 383 g/mol. The second-order valence-electron chi connectivity index (χ2n) is 8.38. The molecule has 2 heterocycles. The Morgan fingerprint density at radius 3 is 2.63 bits per heavy atom. The fourth-order valence-corrected chi connectivity index (χ4v) is 4.46. The van der Waals surface area contributed by atoms with Crippen LogP contribution in [-0.2, 0) is 20.7 Å². The summed E-state index contributed by atoms with van der Waals surface area (Å²) in [4.78, 5) is 15.4. The summed E-state index contributed by atoms with van der Waals surface area (Å²) in [6.45, 7) is 4.81. The number of amides is 1. The van der Waals surface area contributed by atoms with Gasteiger partial charge < -0.3 is 20.1 Å². The number of ether oxygens (including phenoxy) is 2. The Kier molecular flexibility index (Phi) is 6.18. The molecule has 0 aromatic heterocycles. The van der Waals surface area contributed by atoms with E-state index in [0.29, 0.717) is 19.6 Å². The molecule has 0 bridgehead atoms. The molecule has 1 amide bonds. The molecule has 1 saturated heterocycles. The van der Waals surface area contributed by atoms with Crippen molar-refractivity contribution in [3.8, 4) is 0 Å². The molecule has 0 unspecified atom stereocenters. The number of carbonyl (C=O) groups excluding carboxylic acids is 1. The minimum Gasteiger partial charge on any atom is -0.372 e. The van der Waals surface area contributed by atoms with E-state index >= 15 is 0 Å². The zero-order valence-corrected chi connectivity index (χ0v) is 17.5. The van der Waals surface area contributed by atoms with Crippen molar-refractivity contribution in [1.29, 1.82) is 0 Å². The van der Waals surface area contributed by atoms with E-state index in [9.17, 15) is 9.18 Å². The largest absolute Gasteiger partial charge is 0.372 e. The second-order valence-corrected chi connectivity index (χ2v) is 8.38. The number of fused-ring (bicyclic) bond motifs is 1. The van der Waals surface area contributed by atoms with Gasteiger partial charge in [0.25, 0.3) is 5.91 Å². The number of nitrogens with two attached hydrogens (primary N) is 1. The van der Waals surface area contributed by atoms with Crippen LogP contribution in [0.1, 0.15) is 43.0 Å². The van der Waals surface area contributed by atoms with Crippen molar-refractivity contribution in [3.63, 3.8) is 0 Å². The molecule has 0 saturated carbocycles. The van der Waals surface area contributed by atoms with Crippen LogP contribution in [0.2, 0.25) is 0 Å². The Bertz CT molecular complexity index is 886. The number of rotatable bonds is 4. The Morgan fingerprint density at radius 1 is 1.20 bits per heavy atom. The summed E-state index contributed by atoms with van der Waals surface area (Å²) in [6, 6.07) is 14.0. The first-order chi connectivity index (χ1) is 14.4. The van der Waals surface area contributed by atoms with E-state index in [2.05, 4.69) is 6.07 Å². The van der Waals surface area contributed by atoms with Gasteiger partial charge in [0.1, 0.15) is 11.9 Å². The fourth-order valence-electron chi connectivity index (χ4n) is 4.46. The first-order valence-electron chi connectivity index (χ1n) is 10.6. The van der Waals surface area contributed by atoms with E-state index in [1.54, 1.807) is 12.1 Å². The minimum absolute atomic E-state index is 0.0540. The average molecular weight is 413 g/mol. The van der Waals surface area contributed by atoms with E-state index in [0.717, 1.165) is 17.5 Å². The number of hydrogen-bond acceptors (Lipinski definition) is 4. The normalized spacial score (nSPS) is 26.5. The van der Waals surface area contributed by atoms with Crippen molar-refractivity contribution < 1.29 is 18.7 Å². The molecule has 160 valence electrons. The summed E-state index contributed by atoms with van der Waals surface area (Å²) < 4.78 is 25.3. The molecule has 4 rings (SSSR count). The molecule has 5 nitrogen and oxygen atoms in total. The Balaban J connectivity index is 1.59. The molecule has 2 N–H and O–H groups in total. The van der Waals surface area contributed by atoms with Crippen molar-refractivity contribution in [2.45, 2.75) is 57.1 Å². The summed E-state index contributed by atoms with van der Waals surface area (Å²) >= 11 is 0. The van der Waals surface area contributed by atoms with E-state index in [4.69, 9.17) is 15.2 Å². The maximum Gasteiger partial charge on any atom is 0.252 e. The minimum atomic E-state index is -0.597. The first kappa shape index (κ1) is 21.0. The molecule has 0 spiro atoms. The van der Waals surface area contributed by atoms with E-state index < -0.39 is 6.10 Å². The average Bonchev–Trinajstić information content (AvgIpc) is 2.74. The number of carbonyl (C=O) groups is 1. The van der Waals surface area contributed by atoms with Crippen LogP contribution in [0.4, 0.5) is 4.39 Å². The van der Waals surface area contributed by atoms with Crippen molar-refractivity contribution >= 4 is 5.91 Å². The van der Waals surface area contributed by atoms with Crippen molar-refractivity contribution in [1.82, 2.24) is 4.90 Å². The molecule has 0 aliphatic carbocycles. The van der Waals surface area contributed by atoms with Gasteiger partial charge in [-0.05, 0) is 49.1 Å². The number of halogens is 1. The molecule has 0 radical (unpaired) electrons. The lowest BCUT2D eigenvalue weighted by Crippen LogP contribution is -2.54. The SMILES string of the molecule is CC(C)O[C@H]1CO[C@@H](C(=O)N2CCc3ccccc3[C@@H]2c2ccc(F)cc2)C[C@@H]1N. The standard InChI is InChI=1S/C24H29FN2O3/c1-15(2)30-22-14-29-21(13-20(22)26)24(28)27-12-11-16-5-3-4-6-19(16)23(27)17-7-9-18(25)10-8-17/h3-10,15,20-23H,11-14,26H2,1-2H3/t20-,21+,22-,23-/m0/s1. The summed E-state index contributed by atoms with van der Waals surface area (Å²) in [6.07, 6.45) is 0.449. The van der Waals surface area contributed by atoms with Crippen molar-refractivity contribution in [2.24, 2.45) is 5.73 Å². The third-order valence-electron chi connectivity index (χ3n) is 5.90. The number of hydrogen-bond donors (Lipinski definition) is 1. The quantitative estimate of drug-likeness (QED) is 0.838. The molecular formula is C24H29FN2O3. The Labute approximate surface area is 177 Å². The van der Waals surface area contributed by atoms with Gasteiger partial charge in [0.05, 0.1) is 24.9 Å². The van der Waals surface area contributed by atoms with Gasteiger partial charge in [0.15, 0.2) is 0 Å². The highest BCUT2D eigenvalue weighted by atomic mass is 19.1. The molecule has 6 heteroatoms. The van der Waals surface area contributed by atoms with Gasteiger partial charge in [0.2, 0.25) is 0 Å². The highest BCUT2D eigenvalue weighted by Crippen LogP contribution is 2.36. The molecule has 2 aliphatic heterocycles. The van der Waals surface area contributed by atoms with Gasteiger partial charge in [0, 0.05) is 19.0 Å². The van der Waals surface area contributed by atoms with Crippen LogP contribution in [0.3, 0.4) is 0 Å². The van der Waals surface area contributed by atoms with Gasteiger partial charge in [-0.1, -0.05) is 36.4 Å². The van der Waals surface area contributed by atoms with Crippen LogP contribution in [0.5, 0.6) is 0 Å². The summed E-state index contributed by atoms with van der Waals surface area (Å²) in [5.41, 5.74) is 9.48. The van der Waals surface area contributed by atoms with Gasteiger partial charge in [-0.15, -0.1) is 0 Å². The monoisotopic (exact) mass is 412 g/mol. The Morgan fingerprint density at radius 2 is 1.93 bits per heavy atom. The molecule has 2 aromatic rings. The zero-order valence-electron chi connectivity index (χ0n) is 17.5. The first-order valence-corrected chi connectivity index (χ1v) is 10.6. The molecule has 1 fully saturated rings. The fraction of sp³-hybridized carbons (Fsp3) is 0.458. The molecule has 30 heavy (non-hydrogen) atoms. The highest BCUT2D eigenvalue weighted by molar-refractivity contribution is 5.82. The predicted molar refractivity (Wildman–Crippen MR) is 112 cm³/mol.